The first-order chi connectivity index (χ1) is 21.1. The summed E-state index contributed by atoms with van der Waals surface area (Å²) >= 11 is 0. The number of halogens is 1. The number of ether oxygens (including phenoxy) is 5. The van der Waals surface area contributed by atoms with Gasteiger partial charge in [-0.05, 0) is 61.1 Å². The molecule has 0 saturated heterocycles. The monoisotopic (exact) mass is 651 g/mol. The normalized spacial score (nSPS) is 16.8. The van der Waals surface area contributed by atoms with E-state index in [1.807, 2.05) is 12.1 Å². The molecule has 0 aliphatic carbocycles. The van der Waals surface area contributed by atoms with E-state index in [1.165, 1.54) is 11.1 Å². The summed E-state index contributed by atoms with van der Waals surface area (Å²) in [7, 11) is 10.5. The number of carbonyl (C=O) groups excluding carboxylic acids is 2. The Kier molecular flexibility index (Phi) is 17.2. The van der Waals surface area contributed by atoms with Crippen LogP contribution in [0.3, 0.4) is 0 Å². The highest BCUT2D eigenvalue weighted by molar-refractivity contribution is 5.64. The number of carboxylic acid groups (broad SMARTS) is 2. The zero-order valence-electron chi connectivity index (χ0n) is 27.1. The molecule has 2 aromatic carbocycles. The largest absolute Gasteiger partial charge is 1.00 e. The van der Waals surface area contributed by atoms with Gasteiger partial charge in [0.25, 0.3) is 0 Å². The minimum absolute atomic E-state index is 0. The molecule has 1 aliphatic rings. The van der Waals surface area contributed by atoms with Crippen LogP contribution in [0.1, 0.15) is 54.8 Å². The quantitative estimate of drug-likeness (QED) is 0.177. The molecule has 11 nitrogen and oxygen atoms in total. The number of benzene rings is 2. The fourth-order valence-corrected chi connectivity index (χ4v) is 5.48. The number of rotatable bonds is 16. The molecule has 0 spiro atoms. The molecule has 3 rings (SSSR count). The van der Waals surface area contributed by atoms with E-state index < -0.39 is 11.9 Å². The van der Waals surface area contributed by atoms with E-state index in [9.17, 15) is 24.9 Å². The predicted molar refractivity (Wildman–Crippen MR) is 161 cm³/mol. The summed E-state index contributed by atoms with van der Waals surface area (Å²) in [6.45, 7) is 2.06. The average Bonchev–Trinajstić information content (AvgIpc) is 3.02. The minimum Gasteiger partial charge on any atom is -1.00 e. The predicted octanol–water partition coefficient (Wildman–Crippen LogP) is -0.995. The summed E-state index contributed by atoms with van der Waals surface area (Å²) in [6, 6.07) is 8.43. The Labute approximate surface area is 272 Å². The Morgan fingerprint density at radius 3 is 1.80 bits per heavy atom. The van der Waals surface area contributed by atoms with Crippen LogP contribution in [-0.2, 0) is 22.4 Å². The third-order valence-electron chi connectivity index (χ3n) is 7.83. The Hall–Kier alpha value is -3.67. The van der Waals surface area contributed by atoms with Crippen molar-refractivity contribution in [1.29, 1.82) is 0 Å². The van der Waals surface area contributed by atoms with Crippen LogP contribution in [0, 0.1) is 0 Å². The number of nitrogens with zero attached hydrogens (tertiary/aromatic N) is 1. The Morgan fingerprint density at radius 1 is 0.844 bits per heavy atom. The van der Waals surface area contributed by atoms with Gasteiger partial charge in [-0.15, -0.1) is 0 Å². The summed E-state index contributed by atoms with van der Waals surface area (Å²) in [5, 5.41) is 29.3. The first-order valence-corrected chi connectivity index (χ1v) is 14.6. The van der Waals surface area contributed by atoms with Crippen molar-refractivity contribution < 1.29 is 65.5 Å². The Bertz CT molecular complexity index is 1220. The molecule has 1 N–H and O–H groups in total. The number of aliphatic hydroxyl groups excluding tert-OH is 1. The fourth-order valence-electron chi connectivity index (χ4n) is 5.48. The first-order valence-electron chi connectivity index (χ1n) is 14.6. The van der Waals surface area contributed by atoms with Crippen molar-refractivity contribution in [1.82, 2.24) is 0 Å². The topological polar surface area (TPSA) is 147 Å². The second-order valence-corrected chi connectivity index (χ2v) is 10.7. The molecule has 0 aromatic heterocycles. The van der Waals surface area contributed by atoms with Crippen molar-refractivity contribution in [2.45, 2.75) is 51.0 Å². The van der Waals surface area contributed by atoms with E-state index in [0.29, 0.717) is 30.1 Å². The molecule has 1 unspecified atom stereocenters. The van der Waals surface area contributed by atoms with Gasteiger partial charge in [0, 0.05) is 43.4 Å². The zero-order valence-corrected chi connectivity index (χ0v) is 27.8. The molecular formula is C33H46ClNO10-2. The molecule has 0 fully saturated rings. The number of fused-ring (bicyclic) bond motifs is 1. The lowest BCUT2D eigenvalue weighted by molar-refractivity contribution is -0.941. The minimum atomic E-state index is -1.10. The van der Waals surface area contributed by atoms with Gasteiger partial charge in [0.2, 0.25) is 5.75 Å². The van der Waals surface area contributed by atoms with Crippen LogP contribution in [-0.4, -0.2) is 83.8 Å². The number of aliphatic carboxylic acids is 2. The van der Waals surface area contributed by atoms with Crippen LogP contribution in [0.25, 0.3) is 0 Å². The number of quaternary nitrogens is 1. The summed E-state index contributed by atoms with van der Waals surface area (Å²) < 4.78 is 28.7. The molecule has 252 valence electrons. The first kappa shape index (κ1) is 39.4. The van der Waals surface area contributed by atoms with Gasteiger partial charge in [-0.3, -0.25) is 0 Å². The summed E-state index contributed by atoms with van der Waals surface area (Å²) in [6.07, 6.45) is 6.45. The number of aliphatic hydroxyl groups is 1. The van der Waals surface area contributed by atoms with Gasteiger partial charge in [-0.1, -0.05) is 12.2 Å². The van der Waals surface area contributed by atoms with Crippen molar-refractivity contribution in [3.8, 4) is 28.7 Å². The van der Waals surface area contributed by atoms with Crippen LogP contribution in [0.4, 0.5) is 0 Å². The molecular weight excluding hydrogens is 606 g/mol. The van der Waals surface area contributed by atoms with Gasteiger partial charge in [0.05, 0.1) is 55.7 Å². The molecule has 1 heterocycles. The lowest BCUT2D eigenvalue weighted by Crippen LogP contribution is -3.00. The zero-order chi connectivity index (χ0) is 32.7. The Morgan fingerprint density at radius 2 is 1.36 bits per heavy atom. The van der Waals surface area contributed by atoms with Gasteiger partial charge >= 0.3 is 0 Å². The van der Waals surface area contributed by atoms with Gasteiger partial charge in [0.1, 0.15) is 6.04 Å². The standard InChI is InChI=1S/C25H36NO6.C8H12O4.ClH/c1-26(9-7-11-27)10-8-18-15-21(28-2)22(29-3)16-19(18)20(26)12-17-13-23(30-4)25(32-6)24(14-17)31-5;9-7(10)5-3-1-2-4-6-8(11)12;/h13-16,20,27H,7-12H2,1-6H3;1-2H,3-6H2,(H,9,10)(H,11,12);1H/q+1;;/p-3/b;2-1+;/t20-,26?;;/m1../s1. The van der Waals surface area contributed by atoms with Crippen molar-refractivity contribution in [3.05, 3.63) is 53.1 Å². The lowest BCUT2D eigenvalue weighted by Gasteiger charge is -2.46. The molecule has 0 amide bonds. The number of hydrogen-bond acceptors (Lipinski definition) is 10. The number of carboxylic acids is 2. The fraction of sp³-hybridized carbons (Fsp3) is 0.515. The smallest absolute Gasteiger partial charge is 0.203 e. The van der Waals surface area contributed by atoms with Crippen molar-refractivity contribution in [2.24, 2.45) is 0 Å². The molecule has 45 heavy (non-hydrogen) atoms. The van der Waals surface area contributed by atoms with Crippen molar-refractivity contribution in [3.63, 3.8) is 0 Å². The summed E-state index contributed by atoms with van der Waals surface area (Å²) in [5.41, 5.74) is 3.63. The molecule has 12 heteroatoms. The highest BCUT2D eigenvalue weighted by Crippen LogP contribution is 2.44. The maximum Gasteiger partial charge on any atom is 0.203 e. The number of hydrogen-bond donors (Lipinski definition) is 1. The molecule has 2 atom stereocenters. The van der Waals surface area contributed by atoms with E-state index >= 15 is 0 Å². The van der Waals surface area contributed by atoms with Crippen LogP contribution >= 0.6 is 0 Å². The number of methoxy groups -OCH3 is 5. The lowest BCUT2D eigenvalue weighted by atomic mass is 9.86. The maximum atomic E-state index is 9.89. The number of likely N-dealkylation sites (N-methyl/N-ethyl adjacent to an activating group) is 1. The second-order valence-electron chi connectivity index (χ2n) is 10.7. The highest BCUT2D eigenvalue weighted by Gasteiger charge is 2.40. The van der Waals surface area contributed by atoms with E-state index in [0.717, 1.165) is 53.9 Å². The van der Waals surface area contributed by atoms with Gasteiger partial charge in [-0.25, -0.2) is 0 Å². The van der Waals surface area contributed by atoms with Gasteiger partial charge in [-0.2, -0.15) is 0 Å². The number of allylic oxidation sites excluding steroid dienone is 2. The second kappa shape index (κ2) is 19.7. The van der Waals surface area contributed by atoms with Crippen LogP contribution in [0.15, 0.2) is 36.4 Å². The van der Waals surface area contributed by atoms with Crippen LogP contribution in [0.5, 0.6) is 28.7 Å². The Balaban J connectivity index is 0.000000663. The van der Waals surface area contributed by atoms with E-state index in [1.54, 1.807) is 47.7 Å². The van der Waals surface area contributed by atoms with Crippen molar-refractivity contribution >= 4 is 11.9 Å². The molecule has 0 saturated carbocycles. The van der Waals surface area contributed by atoms with E-state index in [2.05, 4.69) is 19.2 Å². The summed E-state index contributed by atoms with van der Waals surface area (Å²) in [4.78, 5) is 19.8. The van der Waals surface area contributed by atoms with Gasteiger partial charge in [0.15, 0.2) is 23.0 Å². The number of carbonyl (C=O) groups is 2. The third-order valence-corrected chi connectivity index (χ3v) is 7.83. The highest BCUT2D eigenvalue weighted by atomic mass is 35.5. The van der Waals surface area contributed by atoms with Crippen LogP contribution < -0.4 is 46.3 Å². The van der Waals surface area contributed by atoms with Crippen LogP contribution in [0.2, 0.25) is 0 Å². The van der Waals surface area contributed by atoms with Crippen molar-refractivity contribution in [2.75, 3.05) is 62.3 Å². The molecule has 2 aromatic rings. The molecule has 0 bridgehead atoms. The SMILES string of the molecule is COc1cc2c(cc1OC)[C@@H](Cc1cc(OC)c(OC)c(OC)c1)[N+](C)(CCCO)CC2.O=C([O-])CC/C=C/CCC(=O)[O-].[Cl-]. The third kappa shape index (κ3) is 11.3. The summed E-state index contributed by atoms with van der Waals surface area (Å²) in [5.74, 6) is 1.18. The van der Waals surface area contributed by atoms with E-state index in [-0.39, 0.29) is 37.9 Å². The maximum absolute atomic E-state index is 9.89. The van der Waals surface area contributed by atoms with E-state index in [4.69, 9.17) is 23.7 Å². The average molecular weight is 652 g/mol. The molecule has 0 radical (unpaired) electrons. The molecule has 1 aliphatic heterocycles. The van der Waals surface area contributed by atoms with Gasteiger partial charge < -0.3 is 65.5 Å².